The van der Waals surface area contributed by atoms with Crippen molar-refractivity contribution >= 4 is 39.2 Å². The van der Waals surface area contributed by atoms with Crippen molar-refractivity contribution in [1.82, 2.24) is 4.98 Å². The lowest BCUT2D eigenvalue weighted by Gasteiger charge is -2.15. The molecule has 4 aromatic rings. The predicted molar refractivity (Wildman–Crippen MR) is 112 cm³/mol. The second-order valence-electron chi connectivity index (χ2n) is 6.78. The molecule has 0 bridgehead atoms. The van der Waals surface area contributed by atoms with Gasteiger partial charge in [-0.05, 0) is 36.1 Å². The molecular formula is C23H16ClF2NO3. The molecule has 30 heavy (non-hydrogen) atoms. The zero-order valence-corrected chi connectivity index (χ0v) is 16.8. The van der Waals surface area contributed by atoms with Crippen LogP contribution < -0.4 is 9.47 Å². The third-order valence-corrected chi connectivity index (χ3v) is 5.00. The second kappa shape index (κ2) is 7.88. The summed E-state index contributed by atoms with van der Waals surface area (Å²) in [6.45, 7) is 2.97. The summed E-state index contributed by atoms with van der Waals surface area (Å²) in [5, 5.41) is 2.66. The maximum atomic E-state index is 13.2. The number of nitrogens with zero attached hydrogens (tertiary/aromatic N) is 1. The number of aromatic nitrogens is 1. The topological polar surface area (TPSA) is 48.4 Å². The van der Waals surface area contributed by atoms with Crippen LogP contribution in [0, 0.1) is 6.92 Å². The van der Waals surface area contributed by atoms with E-state index in [1.54, 1.807) is 25.1 Å². The maximum absolute atomic E-state index is 13.2. The van der Waals surface area contributed by atoms with Crippen LogP contribution in [0.3, 0.4) is 0 Å². The maximum Gasteiger partial charge on any atom is 0.308 e. The number of alkyl halides is 2. The first-order chi connectivity index (χ1) is 14.3. The van der Waals surface area contributed by atoms with Crippen molar-refractivity contribution in [3.63, 3.8) is 0 Å². The van der Waals surface area contributed by atoms with E-state index in [-0.39, 0.29) is 11.3 Å². The molecule has 0 spiro atoms. The number of ether oxygens (including phenoxy) is 2. The first-order valence-electron chi connectivity index (χ1n) is 9.10. The fraction of sp³-hybridized carbons (Fsp3) is 0.130. The Morgan fingerprint density at radius 3 is 2.50 bits per heavy atom. The van der Waals surface area contributed by atoms with Crippen molar-refractivity contribution < 1.29 is 23.0 Å². The number of carbonyl (C=O) groups is 1. The molecular weight excluding hydrogens is 412 g/mol. The van der Waals surface area contributed by atoms with Gasteiger partial charge in [0.1, 0.15) is 22.9 Å². The molecule has 1 heterocycles. The molecule has 0 saturated carbocycles. The number of rotatable bonds is 4. The van der Waals surface area contributed by atoms with Crippen LogP contribution in [0.25, 0.3) is 21.7 Å². The largest absolute Gasteiger partial charge is 0.455 e. The number of hydrogen-bond donors (Lipinski definition) is 0. The number of pyridine rings is 1. The summed E-state index contributed by atoms with van der Waals surface area (Å²) < 4.78 is 37.6. The smallest absolute Gasteiger partial charge is 0.308 e. The number of halogens is 3. The average molecular weight is 428 g/mol. The van der Waals surface area contributed by atoms with Gasteiger partial charge in [0.2, 0.25) is 0 Å². The number of aryl methyl sites for hydroxylation is 1. The molecule has 3 aromatic carbocycles. The molecule has 0 unspecified atom stereocenters. The number of fused-ring (bicyclic) bond motifs is 2. The summed E-state index contributed by atoms with van der Waals surface area (Å²) in [6.07, 6.45) is -2.80. The van der Waals surface area contributed by atoms with Gasteiger partial charge in [0, 0.05) is 23.8 Å². The normalized spacial score (nSPS) is 11.3. The Morgan fingerprint density at radius 1 is 1.00 bits per heavy atom. The van der Waals surface area contributed by atoms with E-state index in [1.165, 1.54) is 6.92 Å². The molecule has 4 rings (SSSR count). The molecule has 1 aromatic heterocycles. The van der Waals surface area contributed by atoms with E-state index in [9.17, 15) is 13.6 Å². The third-order valence-electron chi connectivity index (χ3n) is 4.61. The minimum atomic E-state index is -2.80. The van der Waals surface area contributed by atoms with Gasteiger partial charge >= 0.3 is 5.97 Å². The van der Waals surface area contributed by atoms with E-state index in [0.717, 1.165) is 16.8 Å². The predicted octanol–water partition coefficient (Wildman–Crippen LogP) is 7.01. The van der Waals surface area contributed by atoms with Gasteiger partial charge in [-0.2, -0.15) is 0 Å². The van der Waals surface area contributed by atoms with E-state index in [1.807, 2.05) is 30.3 Å². The Kier molecular flexibility index (Phi) is 5.26. The second-order valence-corrected chi connectivity index (χ2v) is 7.15. The van der Waals surface area contributed by atoms with Gasteiger partial charge in [0.15, 0.2) is 0 Å². The first kappa shape index (κ1) is 20.0. The van der Waals surface area contributed by atoms with Crippen molar-refractivity contribution in [2.45, 2.75) is 20.3 Å². The van der Waals surface area contributed by atoms with Crippen LogP contribution in [-0.2, 0) is 4.79 Å². The van der Waals surface area contributed by atoms with Gasteiger partial charge in [0.25, 0.3) is 6.43 Å². The molecule has 0 amide bonds. The standard InChI is InChI=1S/C23H16ClF2NO3/c1-12-9-17-16(21(29-13(2)28)11-18(27-17)23(25)26)10-20(12)30-19-8-7-14-5-3-4-6-15(14)22(19)24/h3-11,23H,1-2H3. The molecule has 0 atom stereocenters. The molecule has 0 saturated heterocycles. The number of benzene rings is 3. The Labute approximate surface area is 176 Å². The minimum absolute atomic E-state index is 0.00254. The quantitative estimate of drug-likeness (QED) is 0.329. The fourth-order valence-electron chi connectivity index (χ4n) is 3.22. The Bertz CT molecular complexity index is 1290. The Hall–Kier alpha value is -3.25. The van der Waals surface area contributed by atoms with Crippen LogP contribution in [-0.4, -0.2) is 11.0 Å². The zero-order valence-electron chi connectivity index (χ0n) is 16.1. The summed E-state index contributed by atoms with van der Waals surface area (Å²) in [5.41, 5.74) is 0.474. The Morgan fingerprint density at radius 2 is 1.77 bits per heavy atom. The molecule has 152 valence electrons. The summed E-state index contributed by atoms with van der Waals surface area (Å²) in [6, 6.07) is 15.6. The lowest BCUT2D eigenvalue weighted by atomic mass is 10.1. The number of esters is 1. The minimum Gasteiger partial charge on any atom is -0.455 e. The van der Waals surface area contributed by atoms with Gasteiger partial charge in [-0.1, -0.05) is 41.9 Å². The molecule has 0 aliphatic carbocycles. The lowest BCUT2D eigenvalue weighted by molar-refractivity contribution is -0.131. The van der Waals surface area contributed by atoms with Gasteiger partial charge in [0.05, 0.1) is 10.5 Å². The van der Waals surface area contributed by atoms with Crippen LogP contribution in [0.5, 0.6) is 17.2 Å². The van der Waals surface area contributed by atoms with Crippen molar-refractivity contribution in [2.24, 2.45) is 0 Å². The van der Waals surface area contributed by atoms with E-state index in [2.05, 4.69) is 4.98 Å². The third kappa shape index (κ3) is 3.78. The molecule has 0 radical (unpaired) electrons. The molecule has 4 nitrogen and oxygen atoms in total. The van der Waals surface area contributed by atoms with Crippen LogP contribution in [0.4, 0.5) is 8.78 Å². The first-order valence-corrected chi connectivity index (χ1v) is 9.48. The van der Waals surface area contributed by atoms with Crippen LogP contribution in [0.1, 0.15) is 24.6 Å². The highest BCUT2D eigenvalue weighted by molar-refractivity contribution is 6.37. The van der Waals surface area contributed by atoms with E-state index in [0.29, 0.717) is 27.5 Å². The van der Waals surface area contributed by atoms with Gasteiger partial charge < -0.3 is 9.47 Å². The Balaban J connectivity index is 1.84. The molecule has 0 fully saturated rings. The van der Waals surface area contributed by atoms with Gasteiger partial charge in [-0.3, -0.25) is 4.79 Å². The monoisotopic (exact) mass is 427 g/mol. The van der Waals surface area contributed by atoms with Crippen molar-refractivity contribution in [3.05, 3.63) is 70.9 Å². The molecule has 0 N–H and O–H groups in total. The number of hydrogen-bond acceptors (Lipinski definition) is 4. The van der Waals surface area contributed by atoms with Crippen molar-refractivity contribution in [2.75, 3.05) is 0 Å². The van der Waals surface area contributed by atoms with E-state index < -0.39 is 18.1 Å². The highest BCUT2D eigenvalue weighted by atomic mass is 35.5. The van der Waals surface area contributed by atoms with E-state index >= 15 is 0 Å². The van der Waals surface area contributed by atoms with Crippen molar-refractivity contribution in [3.8, 4) is 17.2 Å². The summed E-state index contributed by atoms with van der Waals surface area (Å²) >= 11 is 6.53. The summed E-state index contributed by atoms with van der Waals surface area (Å²) in [5.74, 6) is 0.268. The lowest BCUT2D eigenvalue weighted by Crippen LogP contribution is -2.04. The van der Waals surface area contributed by atoms with Gasteiger partial charge in [-0.15, -0.1) is 0 Å². The SMILES string of the molecule is CC(=O)Oc1cc(C(F)F)nc2cc(C)c(Oc3ccc4ccccc4c3Cl)cc12. The fourth-order valence-corrected chi connectivity index (χ4v) is 3.49. The summed E-state index contributed by atoms with van der Waals surface area (Å²) in [4.78, 5) is 15.5. The van der Waals surface area contributed by atoms with Crippen molar-refractivity contribution in [1.29, 1.82) is 0 Å². The van der Waals surface area contributed by atoms with Crippen LogP contribution >= 0.6 is 11.6 Å². The molecule has 7 heteroatoms. The van der Waals surface area contributed by atoms with E-state index in [4.69, 9.17) is 21.1 Å². The van der Waals surface area contributed by atoms with Crippen LogP contribution in [0.2, 0.25) is 5.02 Å². The molecule has 0 aliphatic heterocycles. The highest BCUT2D eigenvalue weighted by Crippen LogP contribution is 2.39. The summed E-state index contributed by atoms with van der Waals surface area (Å²) in [7, 11) is 0. The van der Waals surface area contributed by atoms with Gasteiger partial charge in [-0.25, -0.2) is 13.8 Å². The average Bonchev–Trinajstić information content (AvgIpc) is 2.70. The number of carbonyl (C=O) groups excluding carboxylic acids is 1. The highest BCUT2D eigenvalue weighted by Gasteiger charge is 2.18. The molecule has 0 aliphatic rings. The zero-order chi connectivity index (χ0) is 21.4. The van der Waals surface area contributed by atoms with Crippen LogP contribution in [0.15, 0.2) is 54.6 Å².